The quantitative estimate of drug-likeness (QED) is 0.700. The van der Waals surface area contributed by atoms with Crippen LogP contribution >= 0.6 is 0 Å². The summed E-state index contributed by atoms with van der Waals surface area (Å²) >= 11 is 0. The van der Waals surface area contributed by atoms with E-state index in [0.29, 0.717) is 13.0 Å². The van der Waals surface area contributed by atoms with Crippen LogP contribution in [-0.4, -0.2) is 42.6 Å². The second kappa shape index (κ2) is 6.88. The summed E-state index contributed by atoms with van der Waals surface area (Å²) in [5, 5.41) is 4.01. The van der Waals surface area contributed by atoms with E-state index in [1.165, 1.54) is 10.8 Å². The van der Waals surface area contributed by atoms with Crippen LogP contribution in [0.3, 0.4) is 0 Å². The third-order valence-corrected chi connectivity index (χ3v) is 5.19. The Bertz CT molecular complexity index is 931. The highest BCUT2D eigenvalue weighted by Gasteiger charge is 2.45. The van der Waals surface area contributed by atoms with Crippen molar-refractivity contribution in [2.75, 3.05) is 13.1 Å². The summed E-state index contributed by atoms with van der Waals surface area (Å²) < 4.78 is 44.1. The van der Waals surface area contributed by atoms with Crippen molar-refractivity contribution >= 4 is 5.78 Å². The lowest BCUT2D eigenvalue weighted by Crippen LogP contribution is -2.49. The molecular weight excluding hydrogens is 357 g/mol. The van der Waals surface area contributed by atoms with Crippen molar-refractivity contribution in [1.82, 2.24) is 29.5 Å². The number of rotatable bonds is 4. The Balaban J connectivity index is 1.72. The van der Waals surface area contributed by atoms with Crippen LogP contribution in [0.4, 0.5) is 13.2 Å². The molecule has 1 aliphatic heterocycles. The van der Waals surface area contributed by atoms with Crippen LogP contribution in [0.1, 0.15) is 36.7 Å². The second-order valence-electron chi connectivity index (χ2n) is 6.96. The number of hydrogen-bond donors (Lipinski definition) is 0. The lowest BCUT2D eigenvalue weighted by Gasteiger charge is -2.42. The smallest absolute Gasteiger partial charge is 0.280 e. The molecule has 0 N–H and O–H groups in total. The Morgan fingerprint density at radius 3 is 2.81 bits per heavy atom. The molecule has 1 aliphatic rings. The van der Waals surface area contributed by atoms with Gasteiger partial charge in [-0.2, -0.15) is 14.6 Å². The first-order valence-electron chi connectivity index (χ1n) is 8.77. The third kappa shape index (κ3) is 3.27. The molecule has 2 atom stereocenters. The summed E-state index contributed by atoms with van der Waals surface area (Å²) in [6, 6.07) is 4.89. The molecule has 142 valence electrons. The predicted octanol–water partition coefficient (Wildman–Crippen LogP) is 3.16. The van der Waals surface area contributed by atoms with Gasteiger partial charge >= 0.3 is 0 Å². The molecule has 0 radical (unpaired) electrons. The normalized spacial score (nSPS) is 24.0. The van der Waals surface area contributed by atoms with Crippen LogP contribution in [0.5, 0.6) is 0 Å². The first-order chi connectivity index (χ1) is 13.0. The summed E-state index contributed by atoms with van der Waals surface area (Å²) in [6.07, 6.45) is 2.39. The molecule has 4 heterocycles. The minimum Gasteiger partial charge on any atom is -0.295 e. The highest BCUT2D eigenvalue weighted by Crippen LogP contribution is 2.41. The van der Waals surface area contributed by atoms with E-state index < -0.39 is 17.8 Å². The maximum atomic E-state index is 16.3. The lowest BCUT2D eigenvalue weighted by molar-refractivity contribution is -0.0139. The third-order valence-electron chi connectivity index (χ3n) is 5.19. The minimum atomic E-state index is -2.80. The maximum absolute atomic E-state index is 16.3. The van der Waals surface area contributed by atoms with Crippen molar-refractivity contribution in [3.05, 3.63) is 53.9 Å². The average Bonchev–Trinajstić information content (AvgIpc) is 3.13. The van der Waals surface area contributed by atoms with Gasteiger partial charge in [-0.05, 0) is 42.6 Å². The average molecular weight is 376 g/mol. The highest BCUT2D eigenvalue weighted by atomic mass is 19.3. The molecule has 4 rings (SSSR count). The lowest BCUT2D eigenvalue weighted by atomic mass is 9.81. The van der Waals surface area contributed by atoms with E-state index in [9.17, 15) is 8.78 Å². The largest absolute Gasteiger partial charge is 0.295 e. The number of fused-ring (bicyclic) bond motifs is 1. The van der Waals surface area contributed by atoms with Gasteiger partial charge in [0.25, 0.3) is 12.2 Å². The molecular formula is C18H19F3N6. The van der Waals surface area contributed by atoms with Gasteiger partial charge in [-0.3, -0.25) is 9.88 Å². The first kappa shape index (κ1) is 17.8. The van der Waals surface area contributed by atoms with Gasteiger partial charge in [0.1, 0.15) is 12.0 Å². The molecule has 3 aromatic heterocycles. The van der Waals surface area contributed by atoms with E-state index in [1.54, 1.807) is 19.3 Å². The topological polar surface area (TPSA) is 59.2 Å². The maximum Gasteiger partial charge on any atom is 0.280 e. The van der Waals surface area contributed by atoms with Crippen LogP contribution in [-0.2, 0) is 12.2 Å². The van der Waals surface area contributed by atoms with Crippen LogP contribution in [0, 0.1) is 5.92 Å². The second-order valence-corrected chi connectivity index (χ2v) is 6.96. The number of likely N-dealkylation sites (tertiary alicyclic amines) is 1. The van der Waals surface area contributed by atoms with E-state index in [2.05, 4.69) is 20.1 Å². The zero-order valence-corrected chi connectivity index (χ0v) is 14.8. The number of alkyl halides is 3. The Morgan fingerprint density at radius 1 is 1.30 bits per heavy atom. The van der Waals surface area contributed by atoms with Crippen LogP contribution in [0.15, 0.2) is 36.9 Å². The predicted molar refractivity (Wildman–Crippen MR) is 91.8 cm³/mol. The number of hydrogen-bond acceptors (Lipinski definition) is 5. The van der Waals surface area contributed by atoms with E-state index in [4.69, 9.17) is 0 Å². The summed E-state index contributed by atoms with van der Waals surface area (Å²) in [5.41, 5.74) is -1.23. The van der Waals surface area contributed by atoms with Crippen molar-refractivity contribution in [1.29, 1.82) is 0 Å². The molecule has 6 nitrogen and oxygen atoms in total. The number of halogens is 3. The van der Waals surface area contributed by atoms with Gasteiger partial charge in [0.15, 0.2) is 5.67 Å². The number of pyridine rings is 1. The van der Waals surface area contributed by atoms with Gasteiger partial charge in [0.05, 0.1) is 5.69 Å². The fourth-order valence-electron chi connectivity index (χ4n) is 3.62. The highest BCUT2D eigenvalue weighted by molar-refractivity contribution is 5.34. The monoisotopic (exact) mass is 376 g/mol. The summed E-state index contributed by atoms with van der Waals surface area (Å²) in [4.78, 5) is 13.6. The van der Waals surface area contributed by atoms with Crippen molar-refractivity contribution in [2.45, 2.75) is 32.0 Å². The van der Waals surface area contributed by atoms with Gasteiger partial charge in [-0.15, -0.1) is 0 Å². The van der Waals surface area contributed by atoms with E-state index in [-0.39, 0.29) is 23.9 Å². The zero-order valence-electron chi connectivity index (χ0n) is 14.8. The molecule has 0 saturated carbocycles. The SMILES string of the molecule is C[C@H]1CCN(Cc2ccncc2)C[C@]1(F)c1cc(C(F)F)nc2ncnn12. The molecule has 0 spiro atoms. The molecule has 0 unspecified atom stereocenters. The van der Waals surface area contributed by atoms with Gasteiger partial charge in [-0.1, -0.05) is 6.92 Å². The molecule has 0 aliphatic carbocycles. The Morgan fingerprint density at radius 2 is 2.07 bits per heavy atom. The molecule has 1 saturated heterocycles. The molecule has 27 heavy (non-hydrogen) atoms. The molecule has 0 aromatic carbocycles. The summed E-state index contributed by atoms with van der Waals surface area (Å²) in [6.45, 7) is 3.17. The van der Waals surface area contributed by atoms with E-state index >= 15 is 4.39 Å². The molecule has 3 aromatic rings. The Hall–Kier alpha value is -2.55. The van der Waals surface area contributed by atoms with Gasteiger partial charge < -0.3 is 0 Å². The number of nitrogens with zero attached hydrogens (tertiary/aromatic N) is 6. The molecule has 0 amide bonds. The summed E-state index contributed by atoms with van der Waals surface area (Å²) in [7, 11) is 0. The van der Waals surface area contributed by atoms with Crippen molar-refractivity contribution in [3.63, 3.8) is 0 Å². The van der Waals surface area contributed by atoms with Crippen LogP contribution in [0.25, 0.3) is 5.78 Å². The van der Waals surface area contributed by atoms with Crippen LogP contribution < -0.4 is 0 Å². The molecule has 1 fully saturated rings. The fraction of sp³-hybridized carbons (Fsp3) is 0.444. The Labute approximate surface area is 154 Å². The van der Waals surface area contributed by atoms with E-state index in [0.717, 1.165) is 18.2 Å². The molecule has 9 heteroatoms. The van der Waals surface area contributed by atoms with Crippen molar-refractivity contribution in [3.8, 4) is 0 Å². The first-order valence-corrected chi connectivity index (χ1v) is 8.77. The van der Waals surface area contributed by atoms with E-state index in [1.807, 2.05) is 17.0 Å². The fourth-order valence-corrected chi connectivity index (χ4v) is 3.62. The van der Waals surface area contributed by atoms with Gasteiger partial charge in [-0.25, -0.2) is 18.2 Å². The standard InChI is InChI=1S/C18H19F3N6/c1-12-4-7-26(9-13-2-5-22-6-3-13)10-18(12,21)15-8-14(16(19)20)25-17-23-11-24-27(15)17/h2-3,5-6,8,11-12,16H,4,7,9-10H2,1H3/t12-,18+/m0/s1. The van der Waals surface area contributed by atoms with Crippen LogP contribution in [0.2, 0.25) is 0 Å². The van der Waals surface area contributed by atoms with Gasteiger partial charge in [0, 0.05) is 25.5 Å². The van der Waals surface area contributed by atoms with Crippen molar-refractivity contribution < 1.29 is 13.2 Å². The zero-order chi connectivity index (χ0) is 19.0. The Kier molecular flexibility index (Phi) is 4.55. The van der Waals surface area contributed by atoms with Crippen molar-refractivity contribution in [2.24, 2.45) is 5.92 Å². The minimum absolute atomic E-state index is 0.0155. The van der Waals surface area contributed by atoms with Gasteiger partial charge in [0.2, 0.25) is 0 Å². The summed E-state index contributed by atoms with van der Waals surface area (Å²) in [5.74, 6) is -0.371. The molecule has 0 bridgehead atoms. The number of aromatic nitrogens is 5. The number of piperidine rings is 1.